The molecule has 0 fully saturated rings. The van der Waals surface area contributed by atoms with Crippen molar-refractivity contribution < 1.29 is 29.1 Å². The molecule has 4 unspecified atom stereocenters. The summed E-state index contributed by atoms with van der Waals surface area (Å²) in [5.74, 6) is 0.429. The van der Waals surface area contributed by atoms with Crippen LogP contribution in [0.15, 0.2) is 65.8 Å². The monoisotopic (exact) mass is 434 g/mol. The number of ketones is 1. The highest BCUT2D eigenvalue weighted by molar-refractivity contribution is 7.84. The predicted octanol–water partition coefficient (Wildman–Crippen LogP) is 2.43. The van der Waals surface area contributed by atoms with Gasteiger partial charge in [0.05, 0.1) is 6.10 Å². The lowest BCUT2D eigenvalue weighted by Crippen LogP contribution is -2.27. The molecule has 0 spiro atoms. The molecule has 0 saturated heterocycles. The average Bonchev–Trinajstić information content (AvgIpc) is 3.06. The molecule has 2 rings (SSSR count). The Balaban J connectivity index is 1.91. The molecule has 6 nitrogen and oxygen atoms in total. The molecular weight excluding hydrogens is 404 g/mol. The molecule has 0 aromatic heterocycles. The van der Waals surface area contributed by atoms with Crippen LogP contribution in [0.25, 0.3) is 0 Å². The molecule has 164 valence electrons. The van der Waals surface area contributed by atoms with Crippen LogP contribution in [0.4, 0.5) is 0 Å². The van der Waals surface area contributed by atoms with Gasteiger partial charge < -0.3 is 20.1 Å². The molecule has 0 bridgehead atoms. The van der Waals surface area contributed by atoms with Gasteiger partial charge in [-0.3, -0.25) is 9.00 Å². The number of carbonyl (C=O) groups is 1. The second kappa shape index (κ2) is 12.6. The highest BCUT2D eigenvalue weighted by atomic mass is 32.2. The molecule has 4 atom stereocenters. The quantitative estimate of drug-likeness (QED) is 0.345. The number of Topliss-reactive ketones (excluding diaryl/α,β-unsaturated/α-hetero) is 1. The molecule has 3 N–H and O–H groups in total. The number of hydrogen-bond donors (Lipinski definition) is 3. The van der Waals surface area contributed by atoms with E-state index in [-0.39, 0.29) is 18.8 Å². The minimum Gasteiger partial charge on any atom is -0.465 e. The van der Waals surface area contributed by atoms with Gasteiger partial charge in [0.15, 0.2) is 12.1 Å². The Morgan fingerprint density at radius 1 is 1.23 bits per heavy atom. The highest BCUT2D eigenvalue weighted by Gasteiger charge is 2.27. The number of aliphatic hydroxyl groups is 3. The lowest BCUT2D eigenvalue weighted by Gasteiger charge is -2.19. The number of benzene rings is 1. The van der Waals surface area contributed by atoms with Crippen LogP contribution in [0.2, 0.25) is 0 Å². The van der Waals surface area contributed by atoms with Gasteiger partial charge in [0.2, 0.25) is 0 Å². The highest BCUT2D eigenvalue weighted by Crippen LogP contribution is 2.27. The van der Waals surface area contributed by atoms with E-state index in [1.807, 2.05) is 12.1 Å². The van der Waals surface area contributed by atoms with Crippen molar-refractivity contribution in [2.45, 2.75) is 49.7 Å². The molecule has 0 radical (unpaired) electrons. The lowest BCUT2D eigenvalue weighted by atomic mass is 10.0. The first-order chi connectivity index (χ1) is 14.4. The summed E-state index contributed by atoms with van der Waals surface area (Å²) in [7, 11) is -1.24. The van der Waals surface area contributed by atoms with E-state index in [1.54, 1.807) is 48.7 Å². The lowest BCUT2D eigenvalue weighted by molar-refractivity contribution is -0.112. The Morgan fingerprint density at radius 2 is 1.97 bits per heavy atom. The minimum atomic E-state index is -1.24. The zero-order valence-corrected chi connectivity index (χ0v) is 18.0. The van der Waals surface area contributed by atoms with Gasteiger partial charge in [-0.05, 0) is 43.4 Å². The van der Waals surface area contributed by atoms with Crippen LogP contribution in [-0.4, -0.2) is 55.8 Å². The fourth-order valence-electron chi connectivity index (χ4n) is 3.15. The zero-order valence-electron chi connectivity index (χ0n) is 17.1. The molecule has 0 amide bonds. The summed E-state index contributed by atoms with van der Waals surface area (Å²) in [4.78, 5) is 12.6. The number of hydrogen-bond acceptors (Lipinski definition) is 6. The molecule has 0 heterocycles. The topological polar surface area (TPSA) is 104 Å². The summed E-state index contributed by atoms with van der Waals surface area (Å²) >= 11 is 0. The number of aliphatic hydroxyl groups excluding tert-OH is 3. The van der Waals surface area contributed by atoms with Crippen LogP contribution >= 0.6 is 0 Å². The Kier molecular flexibility index (Phi) is 10.2. The Hall–Kier alpha value is -2.06. The molecule has 30 heavy (non-hydrogen) atoms. The molecule has 1 aromatic carbocycles. The van der Waals surface area contributed by atoms with Crippen molar-refractivity contribution in [3.63, 3.8) is 0 Å². The van der Waals surface area contributed by atoms with Crippen molar-refractivity contribution in [2.75, 3.05) is 12.9 Å². The molecule has 7 heteroatoms. The summed E-state index contributed by atoms with van der Waals surface area (Å²) in [6.07, 6.45) is 8.46. The normalized spacial score (nSPS) is 19.7. The van der Waals surface area contributed by atoms with Crippen LogP contribution in [0.5, 0.6) is 5.75 Å². The summed E-state index contributed by atoms with van der Waals surface area (Å²) in [6, 6.07) is 8.91. The van der Waals surface area contributed by atoms with Gasteiger partial charge >= 0.3 is 0 Å². The van der Waals surface area contributed by atoms with Crippen LogP contribution < -0.4 is 4.74 Å². The smallest absolute Gasteiger partial charge is 0.198 e. The molecular formula is C23H30O6S. The molecule has 0 saturated carbocycles. The van der Waals surface area contributed by atoms with Crippen LogP contribution in [0, 0.1) is 0 Å². The maximum atomic E-state index is 12.6. The summed E-state index contributed by atoms with van der Waals surface area (Å²) in [6.45, 7) is 0.0306. The van der Waals surface area contributed by atoms with E-state index in [0.717, 1.165) is 0 Å². The first-order valence-electron chi connectivity index (χ1n) is 10.0. The minimum absolute atomic E-state index is 0.0306. The first-order valence-corrected chi connectivity index (χ1v) is 11.6. The first kappa shape index (κ1) is 24.2. The van der Waals surface area contributed by atoms with E-state index in [9.17, 15) is 19.2 Å². The summed E-state index contributed by atoms with van der Waals surface area (Å²) in [5, 5.41) is 28.3. The largest absolute Gasteiger partial charge is 0.465 e. The fourth-order valence-corrected chi connectivity index (χ4v) is 4.00. The second-order valence-corrected chi connectivity index (χ2v) is 8.88. The van der Waals surface area contributed by atoms with Gasteiger partial charge in [-0.25, -0.2) is 0 Å². The van der Waals surface area contributed by atoms with Gasteiger partial charge in [0, 0.05) is 40.9 Å². The van der Waals surface area contributed by atoms with Crippen molar-refractivity contribution >= 4 is 16.6 Å². The molecule has 1 aliphatic rings. The Bertz CT molecular complexity index is 799. The van der Waals surface area contributed by atoms with Gasteiger partial charge in [0.1, 0.15) is 5.75 Å². The number of carbonyl (C=O) groups excluding carboxylic acids is 1. The van der Waals surface area contributed by atoms with Gasteiger partial charge in [-0.1, -0.05) is 42.5 Å². The standard InChI is InChI=1S/C23H30O6S/c1-30(28)21(16-22(26)29-20-10-3-2-4-11-20)15-18-13-12-17(23(18)27)7-5-8-19(25)9-6-14-24/h2-5,7-8,10-11,13,19,21-22,24-26H,6,9,12,14-16H2,1H3/b8-5-,17-7?. The van der Waals surface area contributed by atoms with E-state index >= 15 is 0 Å². The predicted molar refractivity (Wildman–Crippen MR) is 117 cm³/mol. The molecule has 0 aliphatic heterocycles. The van der Waals surface area contributed by atoms with E-state index in [2.05, 4.69) is 0 Å². The SMILES string of the molecule is CS(=O)C(CC1=CCC(=C/C=C\C(O)CCCO)C1=O)CC(O)Oc1ccccc1. The van der Waals surface area contributed by atoms with E-state index < -0.39 is 28.4 Å². The summed E-state index contributed by atoms with van der Waals surface area (Å²) < 4.78 is 17.6. The van der Waals surface area contributed by atoms with Gasteiger partial charge in [0.25, 0.3) is 0 Å². The van der Waals surface area contributed by atoms with Crippen molar-refractivity contribution in [2.24, 2.45) is 0 Å². The average molecular weight is 435 g/mol. The van der Waals surface area contributed by atoms with Crippen LogP contribution in [0.1, 0.15) is 32.1 Å². The summed E-state index contributed by atoms with van der Waals surface area (Å²) in [5.41, 5.74) is 1.19. The van der Waals surface area contributed by atoms with E-state index in [0.29, 0.717) is 42.6 Å². The number of allylic oxidation sites excluding steroid dienone is 5. The number of para-hydroxylation sites is 1. The van der Waals surface area contributed by atoms with Crippen molar-refractivity contribution in [3.05, 3.63) is 65.8 Å². The van der Waals surface area contributed by atoms with Crippen molar-refractivity contribution in [1.82, 2.24) is 0 Å². The number of ether oxygens (including phenoxy) is 1. The maximum Gasteiger partial charge on any atom is 0.198 e. The fraction of sp³-hybridized carbons (Fsp3) is 0.435. The van der Waals surface area contributed by atoms with E-state index in [1.165, 1.54) is 0 Å². The van der Waals surface area contributed by atoms with Crippen molar-refractivity contribution in [3.8, 4) is 5.75 Å². The Labute approximate surface area is 180 Å². The van der Waals surface area contributed by atoms with Crippen LogP contribution in [-0.2, 0) is 15.6 Å². The van der Waals surface area contributed by atoms with Gasteiger partial charge in [-0.15, -0.1) is 0 Å². The zero-order chi connectivity index (χ0) is 21.9. The third kappa shape index (κ3) is 7.99. The molecule has 1 aromatic rings. The van der Waals surface area contributed by atoms with Crippen LogP contribution in [0.3, 0.4) is 0 Å². The molecule has 1 aliphatic carbocycles. The van der Waals surface area contributed by atoms with Gasteiger partial charge in [-0.2, -0.15) is 0 Å². The second-order valence-electron chi connectivity index (χ2n) is 7.22. The third-order valence-corrected chi connectivity index (χ3v) is 6.14. The Morgan fingerprint density at radius 3 is 2.63 bits per heavy atom. The maximum absolute atomic E-state index is 12.6. The van der Waals surface area contributed by atoms with Crippen molar-refractivity contribution in [1.29, 1.82) is 0 Å². The third-order valence-electron chi connectivity index (χ3n) is 4.84. The van der Waals surface area contributed by atoms with E-state index in [4.69, 9.17) is 9.84 Å². The number of rotatable bonds is 12.